The molecule has 0 aliphatic rings. The molecule has 1 amide bonds. The topological polar surface area (TPSA) is 72.5 Å². The highest BCUT2D eigenvalue weighted by atomic mass is 32.2. The maximum Gasteiger partial charge on any atom is 0.313 e. The molecule has 0 fully saturated rings. The second-order valence-corrected chi connectivity index (χ2v) is 4.91. The van der Waals surface area contributed by atoms with Crippen LogP contribution in [0.2, 0.25) is 0 Å². The number of carbonyl (C=O) groups is 3. The first-order chi connectivity index (χ1) is 9.61. The lowest BCUT2D eigenvalue weighted by Crippen LogP contribution is -2.17. The summed E-state index contributed by atoms with van der Waals surface area (Å²) in [6.07, 6.45) is -0.235. The molecule has 0 bridgehead atoms. The summed E-state index contributed by atoms with van der Waals surface area (Å²) < 4.78 is 4.67. The number of ether oxygens (including phenoxy) is 1. The van der Waals surface area contributed by atoms with Crippen LogP contribution in [0.1, 0.15) is 13.3 Å². The Hall–Kier alpha value is -1.82. The Labute approximate surface area is 122 Å². The predicted molar refractivity (Wildman–Crippen MR) is 78.7 cm³/mol. The summed E-state index contributed by atoms with van der Waals surface area (Å²) in [4.78, 5) is 34.1. The quantitative estimate of drug-likeness (QED) is 0.585. The van der Waals surface area contributed by atoms with Crippen LogP contribution in [0.15, 0.2) is 30.3 Å². The van der Waals surface area contributed by atoms with Crippen molar-refractivity contribution in [2.75, 3.05) is 23.4 Å². The standard InChI is InChI=1S/C14H17NO4S/c1-2-19-14(18)8-12(16)9-20-10-13(17)15-11-6-4-3-5-7-11/h3-7H,2,8-10H2,1H3,(H,15,17). The minimum Gasteiger partial charge on any atom is -0.466 e. The van der Waals surface area contributed by atoms with Crippen molar-refractivity contribution in [2.24, 2.45) is 0 Å². The van der Waals surface area contributed by atoms with Crippen LogP contribution < -0.4 is 5.32 Å². The van der Waals surface area contributed by atoms with Gasteiger partial charge in [-0.05, 0) is 19.1 Å². The van der Waals surface area contributed by atoms with Crippen molar-refractivity contribution in [1.82, 2.24) is 0 Å². The van der Waals surface area contributed by atoms with Gasteiger partial charge >= 0.3 is 5.97 Å². The second kappa shape index (κ2) is 9.14. The van der Waals surface area contributed by atoms with E-state index in [1.54, 1.807) is 19.1 Å². The average Bonchev–Trinajstić information content (AvgIpc) is 2.39. The first-order valence-corrected chi connectivity index (χ1v) is 7.37. The number of rotatable bonds is 8. The van der Waals surface area contributed by atoms with E-state index in [1.807, 2.05) is 18.2 Å². The van der Waals surface area contributed by atoms with Crippen molar-refractivity contribution in [1.29, 1.82) is 0 Å². The zero-order valence-electron chi connectivity index (χ0n) is 11.3. The molecular weight excluding hydrogens is 278 g/mol. The van der Waals surface area contributed by atoms with Crippen LogP contribution in [-0.2, 0) is 19.1 Å². The molecule has 1 aromatic rings. The summed E-state index contributed by atoms with van der Waals surface area (Å²) in [7, 11) is 0. The molecule has 0 atom stereocenters. The zero-order valence-corrected chi connectivity index (χ0v) is 12.1. The highest BCUT2D eigenvalue weighted by Gasteiger charge is 2.11. The number of ketones is 1. The Morgan fingerprint density at radius 1 is 1.15 bits per heavy atom. The van der Waals surface area contributed by atoms with E-state index in [0.717, 1.165) is 5.69 Å². The lowest BCUT2D eigenvalue weighted by molar-refractivity contribution is -0.145. The maximum absolute atomic E-state index is 11.6. The molecule has 0 saturated heterocycles. The molecule has 0 spiro atoms. The van der Waals surface area contributed by atoms with Crippen LogP contribution >= 0.6 is 11.8 Å². The number of nitrogens with one attached hydrogen (secondary N) is 1. The van der Waals surface area contributed by atoms with E-state index in [1.165, 1.54) is 11.8 Å². The third-order valence-corrected chi connectivity index (χ3v) is 3.19. The molecule has 0 aliphatic carbocycles. The van der Waals surface area contributed by atoms with E-state index < -0.39 is 5.97 Å². The van der Waals surface area contributed by atoms with Crippen molar-refractivity contribution in [3.8, 4) is 0 Å². The molecule has 0 heterocycles. The minimum absolute atomic E-state index is 0.126. The fourth-order valence-corrected chi connectivity index (χ4v) is 2.09. The van der Waals surface area contributed by atoms with Crippen molar-refractivity contribution < 1.29 is 19.1 Å². The van der Waals surface area contributed by atoms with Gasteiger partial charge in [-0.25, -0.2) is 0 Å². The molecule has 1 N–H and O–H groups in total. The summed E-state index contributed by atoms with van der Waals surface area (Å²) in [6, 6.07) is 9.08. The Kier molecular flexibility index (Phi) is 7.42. The lowest BCUT2D eigenvalue weighted by Gasteiger charge is -2.04. The Morgan fingerprint density at radius 3 is 2.50 bits per heavy atom. The van der Waals surface area contributed by atoms with Crippen LogP contribution in [0.5, 0.6) is 0 Å². The number of carbonyl (C=O) groups excluding carboxylic acids is 3. The number of hydrogen-bond acceptors (Lipinski definition) is 5. The molecule has 0 radical (unpaired) electrons. The monoisotopic (exact) mass is 295 g/mol. The summed E-state index contributed by atoms with van der Waals surface area (Å²) in [5, 5.41) is 2.71. The van der Waals surface area contributed by atoms with Gasteiger partial charge in [0, 0.05) is 5.69 Å². The van der Waals surface area contributed by atoms with E-state index in [0.29, 0.717) is 0 Å². The number of anilines is 1. The number of amides is 1. The van der Waals surface area contributed by atoms with Gasteiger partial charge in [-0.2, -0.15) is 0 Å². The molecule has 0 aromatic heterocycles. The van der Waals surface area contributed by atoms with E-state index in [2.05, 4.69) is 10.1 Å². The molecule has 1 aromatic carbocycles. The molecule has 0 saturated carbocycles. The van der Waals surface area contributed by atoms with Crippen LogP contribution in [0.4, 0.5) is 5.69 Å². The van der Waals surface area contributed by atoms with E-state index in [4.69, 9.17) is 0 Å². The number of Topliss-reactive ketones (excluding diaryl/α,β-unsaturated/α-hetero) is 1. The van der Waals surface area contributed by atoms with Gasteiger partial charge < -0.3 is 10.1 Å². The summed E-state index contributed by atoms with van der Waals surface area (Å²) in [6.45, 7) is 1.95. The van der Waals surface area contributed by atoms with Crippen LogP contribution in [0, 0.1) is 0 Å². The molecule has 0 aliphatic heterocycles. The van der Waals surface area contributed by atoms with E-state index in [9.17, 15) is 14.4 Å². The van der Waals surface area contributed by atoms with Crippen LogP contribution in [0.25, 0.3) is 0 Å². The largest absolute Gasteiger partial charge is 0.466 e. The zero-order chi connectivity index (χ0) is 14.8. The van der Waals surface area contributed by atoms with Gasteiger partial charge in [0.2, 0.25) is 5.91 Å². The Balaban J connectivity index is 2.19. The van der Waals surface area contributed by atoms with Gasteiger partial charge in [-0.3, -0.25) is 14.4 Å². The van der Waals surface area contributed by atoms with Crippen LogP contribution in [-0.4, -0.2) is 35.8 Å². The van der Waals surface area contributed by atoms with Gasteiger partial charge in [0.05, 0.1) is 18.1 Å². The van der Waals surface area contributed by atoms with Gasteiger partial charge in [0.1, 0.15) is 6.42 Å². The second-order valence-electron chi connectivity index (χ2n) is 3.93. The third-order valence-electron chi connectivity index (χ3n) is 2.20. The number of benzene rings is 1. The molecule has 6 heteroatoms. The minimum atomic E-state index is -0.521. The number of para-hydroxylation sites is 1. The van der Waals surface area contributed by atoms with Crippen molar-refractivity contribution in [2.45, 2.75) is 13.3 Å². The normalized spacial score (nSPS) is 9.85. The summed E-state index contributed by atoms with van der Waals surface area (Å²) >= 11 is 1.18. The van der Waals surface area contributed by atoms with Gasteiger partial charge in [-0.15, -0.1) is 11.8 Å². The van der Waals surface area contributed by atoms with Gasteiger partial charge in [0.15, 0.2) is 5.78 Å². The molecule has 1 rings (SSSR count). The highest BCUT2D eigenvalue weighted by molar-refractivity contribution is 8.00. The fraction of sp³-hybridized carbons (Fsp3) is 0.357. The van der Waals surface area contributed by atoms with E-state index >= 15 is 0 Å². The molecular formula is C14H17NO4S. The average molecular weight is 295 g/mol. The summed E-state index contributed by atoms with van der Waals surface area (Å²) in [5.41, 5.74) is 0.718. The molecule has 5 nitrogen and oxygen atoms in total. The third kappa shape index (κ3) is 6.94. The lowest BCUT2D eigenvalue weighted by atomic mass is 10.3. The number of esters is 1. The Morgan fingerprint density at radius 2 is 1.85 bits per heavy atom. The summed E-state index contributed by atoms with van der Waals surface area (Å²) in [5.74, 6) is -0.636. The van der Waals surface area contributed by atoms with Crippen molar-refractivity contribution in [3.05, 3.63) is 30.3 Å². The van der Waals surface area contributed by atoms with Gasteiger partial charge in [0.25, 0.3) is 0 Å². The van der Waals surface area contributed by atoms with Crippen molar-refractivity contribution in [3.63, 3.8) is 0 Å². The first-order valence-electron chi connectivity index (χ1n) is 6.21. The van der Waals surface area contributed by atoms with Crippen LogP contribution in [0.3, 0.4) is 0 Å². The highest BCUT2D eigenvalue weighted by Crippen LogP contribution is 2.07. The number of hydrogen-bond donors (Lipinski definition) is 1. The smallest absolute Gasteiger partial charge is 0.313 e. The number of thioether (sulfide) groups is 1. The molecule has 0 unspecified atom stereocenters. The van der Waals surface area contributed by atoms with Crippen molar-refractivity contribution >= 4 is 35.1 Å². The fourth-order valence-electron chi connectivity index (χ4n) is 1.40. The predicted octanol–water partition coefficient (Wildman–Crippen LogP) is 1.88. The first kappa shape index (κ1) is 16.2. The SMILES string of the molecule is CCOC(=O)CC(=O)CSCC(=O)Nc1ccccc1. The van der Waals surface area contributed by atoms with E-state index in [-0.39, 0.29) is 36.2 Å². The van der Waals surface area contributed by atoms with Gasteiger partial charge in [-0.1, -0.05) is 18.2 Å². The Bertz CT molecular complexity index is 462. The molecule has 20 heavy (non-hydrogen) atoms. The molecule has 108 valence electrons. The maximum atomic E-state index is 11.6.